The van der Waals surface area contributed by atoms with Crippen LogP contribution in [0.3, 0.4) is 0 Å². The van der Waals surface area contributed by atoms with Gasteiger partial charge in [-0.25, -0.2) is 0 Å². The minimum atomic E-state index is -0.187. The summed E-state index contributed by atoms with van der Waals surface area (Å²) in [6, 6.07) is 7.32. The maximum Gasteiger partial charge on any atom is 0.254 e. The Kier molecular flexibility index (Phi) is 6.10. The van der Waals surface area contributed by atoms with Crippen LogP contribution in [0.15, 0.2) is 29.2 Å². The third kappa shape index (κ3) is 4.50. The SMILES string of the molecule is CNC(=O)c1c(NC(=O)CSc2ccc(Cl)cc2)sc(C)c1C. The Morgan fingerprint density at radius 3 is 2.48 bits per heavy atom. The smallest absolute Gasteiger partial charge is 0.254 e. The van der Waals surface area contributed by atoms with Crippen LogP contribution in [0.2, 0.25) is 5.02 Å². The van der Waals surface area contributed by atoms with E-state index in [-0.39, 0.29) is 17.6 Å². The van der Waals surface area contributed by atoms with Crippen LogP contribution in [0.25, 0.3) is 0 Å². The van der Waals surface area contributed by atoms with E-state index < -0.39 is 0 Å². The molecule has 1 heterocycles. The Balaban J connectivity index is 2.04. The first kappa shape index (κ1) is 17.8. The van der Waals surface area contributed by atoms with Crippen LogP contribution in [-0.4, -0.2) is 24.6 Å². The summed E-state index contributed by atoms with van der Waals surface area (Å²) in [6.07, 6.45) is 0. The number of carbonyl (C=O) groups excluding carboxylic acids is 2. The van der Waals surface area contributed by atoms with Gasteiger partial charge in [0.25, 0.3) is 5.91 Å². The Morgan fingerprint density at radius 2 is 1.87 bits per heavy atom. The van der Waals surface area contributed by atoms with Crippen molar-refractivity contribution in [1.29, 1.82) is 0 Å². The molecule has 0 aliphatic carbocycles. The molecule has 2 rings (SSSR count). The second kappa shape index (κ2) is 7.86. The quantitative estimate of drug-likeness (QED) is 0.781. The molecule has 122 valence electrons. The molecule has 7 heteroatoms. The molecule has 0 atom stereocenters. The van der Waals surface area contributed by atoms with Gasteiger partial charge in [-0.15, -0.1) is 23.1 Å². The number of nitrogens with one attached hydrogen (secondary N) is 2. The molecular formula is C16H17ClN2O2S2. The fourth-order valence-electron chi connectivity index (χ4n) is 1.96. The molecule has 0 saturated heterocycles. The number of hydrogen-bond donors (Lipinski definition) is 2. The molecular weight excluding hydrogens is 352 g/mol. The third-order valence-electron chi connectivity index (χ3n) is 3.28. The highest BCUT2D eigenvalue weighted by atomic mass is 35.5. The summed E-state index contributed by atoms with van der Waals surface area (Å²) >= 11 is 8.67. The van der Waals surface area contributed by atoms with Crippen molar-refractivity contribution in [3.05, 3.63) is 45.3 Å². The molecule has 1 aromatic heterocycles. The first-order chi connectivity index (χ1) is 10.9. The van der Waals surface area contributed by atoms with Gasteiger partial charge in [0, 0.05) is 21.8 Å². The first-order valence-electron chi connectivity index (χ1n) is 6.92. The van der Waals surface area contributed by atoms with Gasteiger partial charge in [-0.05, 0) is 43.7 Å². The molecule has 2 aromatic rings. The Hall–Kier alpha value is -1.50. The Bertz CT molecular complexity index is 726. The fourth-order valence-corrected chi connectivity index (χ4v) is 3.85. The predicted octanol–water partition coefficient (Wildman–Crippen LogP) is 4.11. The van der Waals surface area contributed by atoms with Gasteiger partial charge in [-0.1, -0.05) is 11.6 Å². The average Bonchev–Trinajstić information content (AvgIpc) is 2.80. The van der Waals surface area contributed by atoms with E-state index in [0.29, 0.717) is 15.6 Å². The van der Waals surface area contributed by atoms with Crippen LogP contribution in [0, 0.1) is 13.8 Å². The zero-order chi connectivity index (χ0) is 17.0. The number of hydrogen-bond acceptors (Lipinski definition) is 4. The van der Waals surface area contributed by atoms with Crippen LogP contribution in [-0.2, 0) is 4.79 Å². The summed E-state index contributed by atoms with van der Waals surface area (Å²) in [5.41, 5.74) is 1.44. The van der Waals surface area contributed by atoms with Gasteiger partial charge in [0.05, 0.1) is 11.3 Å². The van der Waals surface area contributed by atoms with Crippen LogP contribution >= 0.6 is 34.7 Å². The minimum Gasteiger partial charge on any atom is -0.355 e. The number of aryl methyl sites for hydroxylation is 1. The topological polar surface area (TPSA) is 58.2 Å². The average molecular weight is 369 g/mol. The zero-order valence-corrected chi connectivity index (χ0v) is 15.4. The van der Waals surface area contributed by atoms with Crippen LogP contribution in [0.4, 0.5) is 5.00 Å². The van der Waals surface area contributed by atoms with E-state index in [0.717, 1.165) is 15.3 Å². The number of halogens is 1. The highest BCUT2D eigenvalue weighted by Crippen LogP contribution is 2.32. The second-order valence-electron chi connectivity index (χ2n) is 4.86. The molecule has 0 radical (unpaired) electrons. The lowest BCUT2D eigenvalue weighted by molar-refractivity contribution is -0.113. The lowest BCUT2D eigenvalue weighted by Crippen LogP contribution is -2.21. The summed E-state index contributed by atoms with van der Waals surface area (Å²) in [5.74, 6) is -0.0611. The molecule has 2 N–H and O–H groups in total. The summed E-state index contributed by atoms with van der Waals surface area (Å²) in [6.45, 7) is 3.82. The van der Waals surface area contributed by atoms with Crippen molar-refractivity contribution in [3.8, 4) is 0 Å². The van der Waals surface area contributed by atoms with E-state index in [1.807, 2.05) is 26.0 Å². The van der Waals surface area contributed by atoms with E-state index in [1.165, 1.54) is 23.1 Å². The fraction of sp³-hybridized carbons (Fsp3) is 0.250. The molecule has 1 aromatic carbocycles. The van der Waals surface area contributed by atoms with E-state index in [9.17, 15) is 9.59 Å². The number of anilines is 1. The lowest BCUT2D eigenvalue weighted by atomic mass is 10.1. The molecule has 2 amide bonds. The van der Waals surface area contributed by atoms with Crippen LogP contribution in [0.5, 0.6) is 0 Å². The van der Waals surface area contributed by atoms with E-state index in [1.54, 1.807) is 19.2 Å². The third-order valence-corrected chi connectivity index (χ3v) is 5.66. The number of amides is 2. The van der Waals surface area contributed by atoms with E-state index in [2.05, 4.69) is 10.6 Å². The summed E-state index contributed by atoms with van der Waals surface area (Å²) in [5, 5.41) is 6.72. The summed E-state index contributed by atoms with van der Waals surface area (Å²) in [7, 11) is 1.58. The van der Waals surface area contributed by atoms with Gasteiger partial charge in [-0.2, -0.15) is 0 Å². The highest BCUT2D eigenvalue weighted by Gasteiger charge is 2.20. The van der Waals surface area contributed by atoms with Crippen molar-refractivity contribution in [1.82, 2.24) is 5.32 Å². The molecule has 4 nitrogen and oxygen atoms in total. The number of rotatable bonds is 5. The second-order valence-corrected chi connectivity index (χ2v) is 7.57. The van der Waals surface area contributed by atoms with E-state index in [4.69, 9.17) is 11.6 Å². The molecule has 0 fully saturated rings. The normalized spacial score (nSPS) is 10.4. The van der Waals surface area contributed by atoms with Crippen molar-refractivity contribution in [2.24, 2.45) is 0 Å². The van der Waals surface area contributed by atoms with Gasteiger partial charge in [0.2, 0.25) is 5.91 Å². The highest BCUT2D eigenvalue weighted by molar-refractivity contribution is 8.00. The van der Waals surface area contributed by atoms with E-state index >= 15 is 0 Å². The number of carbonyl (C=O) groups is 2. The minimum absolute atomic E-state index is 0.142. The molecule has 0 aliphatic rings. The lowest BCUT2D eigenvalue weighted by Gasteiger charge is -2.06. The van der Waals surface area contributed by atoms with Gasteiger partial charge in [0.15, 0.2) is 0 Å². The van der Waals surface area contributed by atoms with Crippen molar-refractivity contribution in [2.45, 2.75) is 18.7 Å². The van der Waals surface area contributed by atoms with Gasteiger partial charge < -0.3 is 10.6 Å². The first-order valence-corrected chi connectivity index (χ1v) is 9.10. The van der Waals surface area contributed by atoms with Crippen molar-refractivity contribution >= 4 is 51.5 Å². The zero-order valence-electron chi connectivity index (χ0n) is 13.0. The predicted molar refractivity (Wildman–Crippen MR) is 98.0 cm³/mol. The Labute approximate surface area is 148 Å². The Morgan fingerprint density at radius 1 is 1.22 bits per heavy atom. The molecule has 0 saturated carbocycles. The summed E-state index contributed by atoms with van der Waals surface area (Å²) < 4.78 is 0. The maximum atomic E-state index is 12.2. The molecule has 0 bridgehead atoms. The largest absolute Gasteiger partial charge is 0.355 e. The molecule has 0 spiro atoms. The molecule has 0 aliphatic heterocycles. The molecule has 0 unspecified atom stereocenters. The number of benzene rings is 1. The van der Waals surface area contributed by atoms with Gasteiger partial charge in [0.1, 0.15) is 5.00 Å². The van der Waals surface area contributed by atoms with Gasteiger partial charge >= 0.3 is 0 Å². The number of thiophene rings is 1. The van der Waals surface area contributed by atoms with Crippen molar-refractivity contribution < 1.29 is 9.59 Å². The molecule has 23 heavy (non-hydrogen) atoms. The maximum absolute atomic E-state index is 12.2. The van der Waals surface area contributed by atoms with Crippen molar-refractivity contribution in [3.63, 3.8) is 0 Å². The van der Waals surface area contributed by atoms with Gasteiger partial charge in [-0.3, -0.25) is 9.59 Å². The standard InChI is InChI=1S/C16H17ClN2O2S2/c1-9-10(2)23-16(14(9)15(21)18-3)19-13(20)8-22-12-6-4-11(17)5-7-12/h4-7H,8H2,1-3H3,(H,18,21)(H,19,20). The number of thioether (sulfide) groups is 1. The monoisotopic (exact) mass is 368 g/mol. The van der Waals surface area contributed by atoms with Crippen LogP contribution in [0.1, 0.15) is 20.8 Å². The van der Waals surface area contributed by atoms with Crippen LogP contribution < -0.4 is 10.6 Å². The summed E-state index contributed by atoms with van der Waals surface area (Å²) in [4.78, 5) is 26.1. The van der Waals surface area contributed by atoms with Crippen molar-refractivity contribution in [2.75, 3.05) is 18.1 Å².